The number of fused-ring (bicyclic) bond motifs is 1. The highest BCUT2D eigenvalue weighted by atomic mass is 16.5. The SMILES string of the molecule is COc1ccc(/C=N/NC(=O)CCC(=O)N2CCCc3ccccc32)cc1O. The summed E-state index contributed by atoms with van der Waals surface area (Å²) in [6.07, 6.45) is 3.49. The van der Waals surface area contributed by atoms with Crippen LogP contribution in [-0.2, 0) is 16.0 Å². The first kappa shape index (κ1) is 19.4. The van der Waals surface area contributed by atoms with Gasteiger partial charge in [0.25, 0.3) is 0 Å². The Morgan fingerprint density at radius 1 is 1.25 bits per heavy atom. The predicted octanol–water partition coefficient (Wildman–Crippen LogP) is 2.61. The van der Waals surface area contributed by atoms with Crippen molar-refractivity contribution in [3.63, 3.8) is 0 Å². The minimum Gasteiger partial charge on any atom is -0.504 e. The lowest BCUT2D eigenvalue weighted by atomic mass is 10.0. The lowest BCUT2D eigenvalue weighted by Gasteiger charge is -2.29. The standard InChI is InChI=1S/C21H23N3O4/c1-28-19-9-8-15(13-18(19)25)14-22-23-20(26)10-11-21(27)24-12-4-6-16-5-2-3-7-17(16)24/h2-3,5,7-9,13-14,25H,4,6,10-12H2,1H3,(H,23,26)/b22-14+. The summed E-state index contributed by atoms with van der Waals surface area (Å²) >= 11 is 0. The minimum absolute atomic E-state index is 0.00909. The Morgan fingerprint density at radius 2 is 2.07 bits per heavy atom. The Balaban J connectivity index is 1.49. The van der Waals surface area contributed by atoms with Crippen molar-refractivity contribution in [1.29, 1.82) is 0 Å². The fourth-order valence-electron chi connectivity index (χ4n) is 3.17. The molecule has 146 valence electrons. The molecule has 0 unspecified atom stereocenters. The zero-order valence-electron chi connectivity index (χ0n) is 15.7. The van der Waals surface area contributed by atoms with Gasteiger partial charge in [0.2, 0.25) is 11.8 Å². The summed E-state index contributed by atoms with van der Waals surface area (Å²) in [6, 6.07) is 12.7. The van der Waals surface area contributed by atoms with Crippen LogP contribution >= 0.6 is 0 Å². The smallest absolute Gasteiger partial charge is 0.240 e. The van der Waals surface area contributed by atoms with Gasteiger partial charge in [-0.2, -0.15) is 5.10 Å². The molecule has 0 spiro atoms. The van der Waals surface area contributed by atoms with Crippen LogP contribution in [0.2, 0.25) is 0 Å². The topological polar surface area (TPSA) is 91.2 Å². The molecule has 7 nitrogen and oxygen atoms in total. The first-order chi connectivity index (χ1) is 13.6. The zero-order chi connectivity index (χ0) is 19.9. The fraction of sp³-hybridized carbons (Fsp3) is 0.286. The lowest BCUT2D eigenvalue weighted by molar-refractivity contribution is -0.125. The lowest BCUT2D eigenvalue weighted by Crippen LogP contribution is -2.36. The van der Waals surface area contributed by atoms with Gasteiger partial charge in [-0.15, -0.1) is 0 Å². The second kappa shape index (κ2) is 9.03. The third-order valence-corrected chi connectivity index (χ3v) is 4.58. The van der Waals surface area contributed by atoms with E-state index in [4.69, 9.17) is 4.74 Å². The number of nitrogens with one attached hydrogen (secondary N) is 1. The van der Waals surface area contributed by atoms with E-state index in [1.54, 1.807) is 17.0 Å². The number of hydrogen-bond donors (Lipinski definition) is 2. The second-order valence-corrected chi connectivity index (χ2v) is 6.50. The number of amides is 2. The number of aromatic hydroxyl groups is 1. The molecule has 0 fully saturated rings. The molecule has 7 heteroatoms. The van der Waals surface area contributed by atoms with Crippen LogP contribution in [0.4, 0.5) is 5.69 Å². The Bertz CT molecular complexity index is 895. The van der Waals surface area contributed by atoms with Crippen LogP contribution in [0.5, 0.6) is 11.5 Å². The van der Waals surface area contributed by atoms with Gasteiger partial charge in [-0.1, -0.05) is 18.2 Å². The van der Waals surface area contributed by atoms with Crippen LogP contribution < -0.4 is 15.1 Å². The van der Waals surface area contributed by atoms with Gasteiger partial charge in [0, 0.05) is 25.1 Å². The van der Waals surface area contributed by atoms with Crippen molar-refractivity contribution in [3.8, 4) is 11.5 Å². The molecule has 1 heterocycles. The van der Waals surface area contributed by atoms with Gasteiger partial charge in [-0.3, -0.25) is 9.59 Å². The largest absolute Gasteiger partial charge is 0.504 e. The van der Waals surface area contributed by atoms with E-state index in [9.17, 15) is 14.7 Å². The monoisotopic (exact) mass is 381 g/mol. The van der Waals surface area contributed by atoms with Gasteiger partial charge < -0.3 is 14.7 Å². The van der Waals surface area contributed by atoms with Crippen LogP contribution in [0, 0.1) is 0 Å². The highest BCUT2D eigenvalue weighted by Crippen LogP contribution is 2.27. The van der Waals surface area contributed by atoms with Gasteiger partial charge >= 0.3 is 0 Å². The molecule has 0 aromatic heterocycles. The van der Waals surface area contributed by atoms with Crippen molar-refractivity contribution in [2.75, 3.05) is 18.6 Å². The van der Waals surface area contributed by atoms with E-state index in [2.05, 4.69) is 10.5 Å². The van der Waals surface area contributed by atoms with Gasteiger partial charge in [0.15, 0.2) is 11.5 Å². The third-order valence-electron chi connectivity index (χ3n) is 4.58. The molecule has 1 aliphatic heterocycles. The zero-order valence-corrected chi connectivity index (χ0v) is 15.7. The molecule has 3 rings (SSSR count). The number of hydrogen-bond acceptors (Lipinski definition) is 5. The number of benzene rings is 2. The van der Waals surface area contributed by atoms with Crippen molar-refractivity contribution >= 4 is 23.7 Å². The van der Waals surface area contributed by atoms with Crippen LogP contribution in [0.3, 0.4) is 0 Å². The molecule has 2 aromatic carbocycles. The Morgan fingerprint density at radius 3 is 2.86 bits per heavy atom. The predicted molar refractivity (Wildman–Crippen MR) is 107 cm³/mol. The maximum atomic E-state index is 12.5. The van der Waals surface area contributed by atoms with E-state index in [1.165, 1.54) is 25.0 Å². The molecule has 0 saturated carbocycles. The molecule has 28 heavy (non-hydrogen) atoms. The molecular formula is C21H23N3O4. The first-order valence-electron chi connectivity index (χ1n) is 9.15. The minimum atomic E-state index is -0.340. The van der Waals surface area contributed by atoms with Crippen LogP contribution in [-0.4, -0.2) is 36.8 Å². The van der Waals surface area contributed by atoms with Gasteiger partial charge in [-0.05, 0) is 48.2 Å². The summed E-state index contributed by atoms with van der Waals surface area (Å²) in [4.78, 5) is 26.3. The van der Waals surface area contributed by atoms with Crippen LogP contribution in [0.1, 0.15) is 30.4 Å². The number of anilines is 1. The molecule has 2 amide bonds. The number of para-hydroxylation sites is 1. The van der Waals surface area contributed by atoms with E-state index >= 15 is 0 Å². The molecule has 1 aliphatic rings. The van der Waals surface area contributed by atoms with Crippen LogP contribution in [0.15, 0.2) is 47.6 Å². The molecule has 0 atom stereocenters. The summed E-state index contributed by atoms with van der Waals surface area (Å²) in [6.45, 7) is 0.677. The molecule has 0 radical (unpaired) electrons. The normalized spacial score (nSPS) is 13.2. The molecule has 0 saturated heterocycles. The van der Waals surface area contributed by atoms with Crippen molar-refractivity contribution in [2.45, 2.75) is 25.7 Å². The number of ether oxygens (including phenoxy) is 1. The molecule has 2 aromatic rings. The van der Waals surface area contributed by atoms with E-state index < -0.39 is 0 Å². The van der Waals surface area contributed by atoms with Crippen LogP contribution in [0.25, 0.3) is 0 Å². The molecule has 2 N–H and O–H groups in total. The first-order valence-corrected chi connectivity index (χ1v) is 9.15. The maximum Gasteiger partial charge on any atom is 0.240 e. The van der Waals surface area contributed by atoms with Crippen molar-refractivity contribution in [1.82, 2.24) is 5.43 Å². The number of carbonyl (C=O) groups excluding carboxylic acids is 2. The number of nitrogens with zero attached hydrogens (tertiary/aromatic N) is 2. The summed E-state index contributed by atoms with van der Waals surface area (Å²) < 4.78 is 4.97. The quantitative estimate of drug-likeness (QED) is 0.594. The highest BCUT2D eigenvalue weighted by molar-refractivity contribution is 5.96. The van der Waals surface area contributed by atoms with E-state index in [1.807, 2.05) is 24.3 Å². The number of carbonyl (C=O) groups is 2. The number of phenols is 1. The third kappa shape index (κ3) is 4.68. The number of hydrazone groups is 1. The van der Waals surface area contributed by atoms with Gasteiger partial charge in [0.1, 0.15) is 0 Å². The summed E-state index contributed by atoms with van der Waals surface area (Å²) in [7, 11) is 1.47. The van der Waals surface area contributed by atoms with Gasteiger partial charge in [-0.25, -0.2) is 5.43 Å². The molecule has 0 bridgehead atoms. The summed E-state index contributed by atoms with van der Waals surface area (Å²) in [5.74, 6) is -0.0526. The van der Waals surface area contributed by atoms with E-state index in [0.29, 0.717) is 17.9 Å². The molecule has 0 aliphatic carbocycles. The number of phenolic OH excluding ortho intramolecular Hbond substituents is 1. The van der Waals surface area contributed by atoms with E-state index in [-0.39, 0.29) is 30.4 Å². The number of aryl methyl sites for hydroxylation is 1. The Labute approximate surface area is 163 Å². The average molecular weight is 381 g/mol. The van der Waals surface area contributed by atoms with Crippen molar-refractivity contribution in [2.24, 2.45) is 5.10 Å². The molecular weight excluding hydrogens is 358 g/mol. The maximum absolute atomic E-state index is 12.5. The summed E-state index contributed by atoms with van der Waals surface area (Å²) in [5.41, 5.74) is 5.12. The number of methoxy groups -OCH3 is 1. The fourth-order valence-corrected chi connectivity index (χ4v) is 3.17. The Kier molecular flexibility index (Phi) is 6.26. The van der Waals surface area contributed by atoms with E-state index in [0.717, 1.165) is 18.5 Å². The highest BCUT2D eigenvalue weighted by Gasteiger charge is 2.22. The van der Waals surface area contributed by atoms with Crippen molar-refractivity contribution < 1.29 is 19.4 Å². The average Bonchev–Trinajstić information content (AvgIpc) is 2.71. The second-order valence-electron chi connectivity index (χ2n) is 6.50. The number of rotatable bonds is 6. The summed E-state index contributed by atoms with van der Waals surface area (Å²) in [5, 5.41) is 13.6. The van der Waals surface area contributed by atoms with Gasteiger partial charge in [0.05, 0.1) is 13.3 Å². The Hall–Kier alpha value is -3.35. The van der Waals surface area contributed by atoms with Crippen molar-refractivity contribution in [3.05, 3.63) is 53.6 Å².